The lowest BCUT2D eigenvalue weighted by Crippen LogP contribution is -2.14. The minimum absolute atomic E-state index is 0.586. The van der Waals surface area contributed by atoms with Crippen molar-refractivity contribution in [2.75, 3.05) is 11.9 Å². The molecule has 0 aromatic carbocycles. The van der Waals surface area contributed by atoms with Gasteiger partial charge in [-0.25, -0.2) is 4.98 Å². The summed E-state index contributed by atoms with van der Waals surface area (Å²) in [6, 6.07) is 2.12. The molecular formula is C15H18N4O. The zero-order valence-corrected chi connectivity index (χ0v) is 11.3. The molecule has 5 heteroatoms. The molecule has 2 aromatic rings. The predicted octanol–water partition coefficient (Wildman–Crippen LogP) is 2.50. The van der Waals surface area contributed by atoms with Gasteiger partial charge in [-0.2, -0.15) is 0 Å². The first-order chi connectivity index (χ1) is 9.78. The lowest BCUT2D eigenvalue weighted by atomic mass is 10.1. The standard InChI is InChI=1S/C15H18N4O/c1-10(4-5-16-9-20)19-12-6-13-14(11-2-3-11)8-18-15(13)17-7-12/h6-9,11,19H,1-5H2,(H,16,20)(H,17,18). The molecule has 1 fully saturated rings. The number of anilines is 1. The molecule has 2 heterocycles. The maximum absolute atomic E-state index is 10.2. The summed E-state index contributed by atoms with van der Waals surface area (Å²) in [7, 11) is 0. The van der Waals surface area contributed by atoms with Crippen LogP contribution in [0.5, 0.6) is 0 Å². The molecule has 0 aliphatic heterocycles. The second kappa shape index (κ2) is 5.36. The van der Waals surface area contributed by atoms with Gasteiger partial charge in [0.2, 0.25) is 6.41 Å². The summed E-state index contributed by atoms with van der Waals surface area (Å²) in [6.45, 7) is 4.54. The maximum Gasteiger partial charge on any atom is 0.207 e. The highest BCUT2D eigenvalue weighted by Crippen LogP contribution is 2.43. The number of fused-ring (bicyclic) bond motifs is 1. The van der Waals surface area contributed by atoms with Gasteiger partial charge in [0.25, 0.3) is 0 Å². The van der Waals surface area contributed by atoms with Crippen LogP contribution < -0.4 is 10.6 Å². The van der Waals surface area contributed by atoms with E-state index in [9.17, 15) is 4.79 Å². The highest BCUT2D eigenvalue weighted by Gasteiger charge is 2.26. The molecule has 2 aromatic heterocycles. The number of hydrogen-bond donors (Lipinski definition) is 3. The van der Waals surface area contributed by atoms with Gasteiger partial charge < -0.3 is 15.6 Å². The molecule has 20 heavy (non-hydrogen) atoms. The van der Waals surface area contributed by atoms with Crippen LogP contribution in [0, 0.1) is 0 Å². The van der Waals surface area contributed by atoms with Crippen LogP contribution in [0.3, 0.4) is 0 Å². The lowest BCUT2D eigenvalue weighted by Gasteiger charge is -2.09. The zero-order valence-electron chi connectivity index (χ0n) is 11.3. The Labute approximate surface area is 117 Å². The number of amides is 1. The van der Waals surface area contributed by atoms with E-state index >= 15 is 0 Å². The molecule has 0 atom stereocenters. The third-order valence-corrected chi connectivity index (χ3v) is 3.56. The Hall–Kier alpha value is -2.30. The number of carbonyl (C=O) groups excluding carboxylic acids is 1. The zero-order chi connectivity index (χ0) is 13.9. The van der Waals surface area contributed by atoms with E-state index in [4.69, 9.17) is 0 Å². The van der Waals surface area contributed by atoms with E-state index < -0.39 is 0 Å². The number of aromatic nitrogens is 2. The molecule has 3 N–H and O–H groups in total. The molecule has 3 rings (SSSR count). The van der Waals surface area contributed by atoms with Crippen molar-refractivity contribution in [1.29, 1.82) is 0 Å². The fourth-order valence-corrected chi connectivity index (χ4v) is 2.37. The number of H-pyrrole nitrogens is 1. The summed E-state index contributed by atoms with van der Waals surface area (Å²) in [6.07, 6.45) is 7.81. The van der Waals surface area contributed by atoms with Crippen molar-refractivity contribution < 1.29 is 4.79 Å². The van der Waals surface area contributed by atoms with Gasteiger partial charge >= 0.3 is 0 Å². The van der Waals surface area contributed by atoms with Crippen molar-refractivity contribution in [1.82, 2.24) is 15.3 Å². The minimum Gasteiger partial charge on any atom is -0.358 e. The first kappa shape index (κ1) is 12.7. The number of hydrogen-bond acceptors (Lipinski definition) is 3. The number of nitrogens with zero attached hydrogens (tertiary/aromatic N) is 1. The van der Waals surface area contributed by atoms with Crippen molar-refractivity contribution in [3.63, 3.8) is 0 Å². The van der Waals surface area contributed by atoms with E-state index in [2.05, 4.69) is 39.4 Å². The Bertz CT molecular complexity index is 642. The molecule has 1 amide bonds. The van der Waals surface area contributed by atoms with E-state index in [1.807, 2.05) is 0 Å². The molecule has 5 nitrogen and oxygen atoms in total. The largest absolute Gasteiger partial charge is 0.358 e. The molecule has 0 spiro atoms. The molecule has 0 saturated heterocycles. The van der Waals surface area contributed by atoms with Crippen LogP contribution in [-0.2, 0) is 4.79 Å². The highest BCUT2D eigenvalue weighted by molar-refractivity contribution is 5.84. The Morgan fingerprint density at radius 2 is 2.40 bits per heavy atom. The maximum atomic E-state index is 10.2. The third-order valence-electron chi connectivity index (χ3n) is 3.56. The molecule has 0 bridgehead atoms. The average Bonchev–Trinajstić information content (AvgIpc) is 3.19. The van der Waals surface area contributed by atoms with Crippen molar-refractivity contribution in [3.05, 3.63) is 36.3 Å². The smallest absolute Gasteiger partial charge is 0.207 e. The van der Waals surface area contributed by atoms with E-state index in [1.165, 1.54) is 23.8 Å². The topological polar surface area (TPSA) is 69.8 Å². The second-order valence-electron chi connectivity index (χ2n) is 5.19. The van der Waals surface area contributed by atoms with Gasteiger partial charge in [-0.1, -0.05) is 6.58 Å². The molecule has 104 valence electrons. The van der Waals surface area contributed by atoms with E-state index in [-0.39, 0.29) is 0 Å². The number of nitrogens with one attached hydrogen (secondary N) is 3. The van der Waals surface area contributed by atoms with E-state index in [1.54, 1.807) is 6.20 Å². The van der Waals surface area contributed by atoms with Gasteiger partial charge in [0.05, 0.1) is 11.9 Å². The number of aromatic amines is 1. The fraction of sp³-hybridized carbons (Fsp3) is 0.333. The monoisotopic (exact) mass is 270 g/mol. The van der Waals surface area contributed by atoms with Crippen molar-refractivity contribution >= 4 is 23.1 Å². The summed E-state index contributed by atoms with van der Waals surface area (Å²) in [5.41, 5.74) is 4.11. The highest BCUT2D eigenvalue weighted by atomic mass is 16.1. The molecular weight excluding hydrogens is 252 g/mol. The van der Waals surface area contributed by atoms with Crippen molar-refractivity contribution in [3.8, 4) is 0 Å². The van der Waals surface area contributed by atoms with Gasteiger partial charge in [-0.05, 0) is 30.4 Å². The molecule has 0 radical (unpaired) electrons. The Kier molecular flexibility index (Phi) is 3.41. The van der Waals surface area contributed by atoms with Gasteiger partial charge in [-0.15, -0.1) is 0 Å². The fourth-order valence-electron chi connectivity index (χ4n) is 2.37. The second-order valence-corrected chi connectivity index (χ2v) is 5.19. The number of pyridine rings is 1. The Morgan fingerprint density at radius 1 is 1.55 bits per heavy atom. The summed E-state index contributed by atoms with van der Waals surface area (Å²) in [5.74, 6) is 0.695. The van der Waals surface area contributed by atoms with Gasteiger partial charge in [-0.3, -0.25) is 4.79 Å². The lowest BCUT2D eigenvalue weighted by molar-refractivity contribution is -0.109. The van der Waals surface area contributed by atoms with Crippen LogP contribution in [0.2, 0.25) is 0 Å². The van der Waals surface area contributed by atoms with Crippen LogP contribution in [0.1, 0.15) is 30.7 Å². The summed E-state index contributed by atoms with van der Waals surface area (Å²) in [4.78, 5) is 17.8. The Morgan fingerprint density at radius 3 is 3.15 bits per heavy atom. The normalized spacial score (nSPS) is 14.2. The minimum atomic E-state index is 0.586. The van der Waals surface area contributed by atoms with Gasteiger partial charge in [0, 0.05) is 30.2 Å². The van der Waals surface area contributed by atoms with Gasteiger partial charge in [0.15, 0.2) is 0 Å². The quantitative estimate of drug-likeness (QED) is 0.535. The summed E-state index contributed by atoms with van der Waals surface area (Å²) in [5, 5.41) is 7.05. The summed E-state index contributed by atoms with van der Waals surface area (Å²) < 4.78 is 0. The third kappa shape index (κ3) is 2.66. The number of rotatable bonds is 7. The molecule has 1 aliphatic rings. The average molecular weight is 270 g/mol. The van der Waals surface area contributed by atoms with Crippen LogP contribution in [0.15, 0.2) is 30.7 Å². The summed E-state index contributed by atoms with van der Waals surface area (Å²) >= 11 is 0. The van der Waals surface area contributed by atoms with Crippen molar-refractivity contribution in [2.24, 2.45) is 0 Å². The predicted molar refractivity (Wildman–Crippen MR) is 79.5 cm³/mol. The molecule has 0 unspecified atom stereocenters. The van der Waals surface area contributed by atoms with E-state index in [0.29, 0.717) is 25.3 Å². The first-order valence-corrected chi connectivity index (χ1v) is 6.87. The Balaban J connectivity index is 1.73. The SMILES string of the molecule is C=C(CCNC=O)Nc1cnc2[nH]cc(C3CC3)c2c1. The van der Waals surface area contributed by atoms with Crippen LogP contribution in [-0.4, -0.2) is 22.9 Å². The van der Waals surface area contributed by atoms with Crippen LogP contribution in [0.4, 0.5) is 5.69 Å². The molecule has 1 aliphatic carbocycles. The van der Waals surface area contributed by atoms with Crippen molar-refractivity contribution in [2.45, 2.75) is 25.2 Å². The van der Waals surface area contributed by atoms with Crippen LogP contribution >= 0.6 is 0 Å². The first-order valence-electron chi connectivity index (χ1n) is 6.87. The number of carbonyl (C=O) groups is 1. The molecule has 1 saturated carbocycles. The van der Waals surface area contributed by atoms with Crippen LogP contribution in [0.25, 0.3) is 11.0 Å². The van der Waals surface area contributed by atoms with Gasteiger partial charge in [0.1, 0.15) is 5.65 Å². The van der Waals surface area contributed by atoms with E-state index in [0.717, 1.165) is 17.0 Å².